The normalized spacial score (nSPS) is 13.3. The SMILES string of the molecule is [B][B]B([B])C(CB([B])B([B])[B])C(O)c1ccccc1. The van der Waals surface area contributed by atoms with E-state index >= 15 is 0 Å². The minimum atomic E-state index is -0.763. The Labute approximate surface area is 124 Å². The molecule has 0 amide bonds. The number of aliphatic hydroxyl groups is 1. The largest absolute Gasteiger partial charge is 0.389 e. The van der Waals surface area contributed by atoms with Crippen molar-refractivity contribution in [3.05, 3.63) is 35.9 Å². The van der Waals surface area contributed by atoms with Gasteiger partial charge in [-0.25, -0.2) is 0 Å². The van der Waals surface area contributed by atoms with Gasteiger partial charge in [0.2, 0.25) is 0 Å². The number of rotatable bonds is 7. The van der Waals surface area contributed by atoms with Gasteiger partial charge in [0.1, 0.15) is 0 Å². The van der Waals surface area contributed by atoms with Crippen LogP contribution in [0.4, 0.5) is 0 Å². The Morgan fingerprint density at radius 3 is 2.16 bits per heavy atom. The molecule has 10 heteroatoms. The lowest BCUT2D eigenvalue weighted by Gasteiger charge is -2.31. The van der Waals surface area contributed by atoms with E-state index in [1.165, 1.54) is 7.06 Å². The average molecular weight is 231 g/mol. The van der Waals surface area contributed by atoms with E-state index in [9.17, 15) is 5.11 Å². The van der Waals surface area contributed by atoms with Crippen molar-refractivity contribution in [2.45, 2.75) is 18.2 Å². The van der Waals surface area contributed by atoms with Crippen molar-refractivity contribution in [1.82, 2.24) is 0 Å². The highest BCUT2D eigenvalue weighted by Gasteiger charge is 2.29. The lowest BCUT2D eigenvalue weighted by molar-refractivity contribution is 0.173. The Balaban J connectivity index is 2.85. The van der Waals surface area contributed by atoms with E-state index in [2.05, 4.69) is 0 Å². The molecule has 0 bridgehead atoms. The van der Waals surface area contributed by atoms with E-state index in [1.54, 1.807) is 0 Å². The molecule has 0 aliphatic rings. The lowest BCUT2D eigenvalue weighted by atomic mass is 8.85. The molecule has 0 aliphatic carbocycles. The van der Waals surface area contributed by atoms with Gasteiger partial charge in [-0.3, -0.25) is 0 Å². The Morgan fingerprint density at radius 1 is 1.11 bits per heavy atom. The van der Waals surface area contributed by atoms with Gasteiger partial charge in [0.25, 0.3) is 0 Å². The predicted octanol–water partition coefficient (Wildman–Crippen LogP) is -1.40. The summed E-state index contributed by atoms with van der Waals surface area (Å²) in [6.45, 7) is -0.936. The van der Waals surface area contributed by atoms with Crippen molar-refractivity contribution in [3.63, 3.8) is 0 Å². The van der Waals surface area contributed by atoms with Crippen LogP contribution >= 0.6 is 0 Å². The van der Waals surface area contributed by atoms with Crippen molar-refractivity contribution in [2.75, 3.05) is 0 Å². The van der Waals surface area contributed by atoms with Crippen molar-refractivity contribution >= 4 is 65.1 Å². The number of hydrogen-bond acceptors (Lipinski definition) is 1. The van der Waals surface area contributed by atoms with Crippen LogP contribution in [0.25, 0.3) is 0 Å². The molecule has 1 aromatic rings. The fourth-order valence-electron chi connectivity index (χ4n) is 2.01. The molecule has 11 radical (unpaired) electrons. The summed E-state index contributed by atoms with van der Waals surface area (Å²) < 4.78 is 0. The second-order valence-corrected chi connectivity index (χ2v) is 4.77. The smallest absolute Gasteiger partial charge is 0.0732 e. The monoisotopic (exact) mass is 233 g/mol. The van der Waals surface area contributed by atoms with Gasteiger partial charge in [-0.05, 0) is 5.56 Å². The highest BCUT2D eigenvalue weighted by molar-refractivity contribution is 7.66. The van der Waals surface area contributed by atoms with Crippen LogP contribution in [0.15, 0.2) is 30.3 Å². The minimum Gasteiger partial charge on any atom is -0.389 e. The van der Waals surface area contributed by atoms with Crippen LogP contribution in [-0.2, 0) is 0 Å². The first-order chi connectivity index (χ1) is 8.97. The van der Waals surface area contributed by atoms with Gasteiger partial charge in [-0.15, -0.1) is 0 Å². The summed E-state index contributed by atoms with van der Waals surface area (Å²) in [4.78, 5) is 0. The second kappa shape index (κ2) is 8.14. The summed E-state index contributed by atoms with van der Waals surface area (Å²) in [6, 6.07) is 9.23. The zero-order valence-corrected chi connectivity index (χ0v) is 10.9. The van der Waals surface area contributed by atoms with Gasteiger partial charge in [0.05, 0.1) is 12.6 Å². The van der Waals surface area contributed by atoms with Crippen LogP contribution < -0.4 is 0 Å². The molecule has 1 rings (SSSR count). The molecule has 19 heavy (non-hydrogen) atoms. The van der Waals surface area contributed by atoms with Gasteiger partial charge in [0, 0.05) is 58.6 Å². The quantitative estimate of drug-likeness (QED) is 0.572. The fourth-order valence-corrected chi connectivity index (χ4v) is 2.01. The van der Waals surface area contributed by atoms with Crippen LogP contribution in [0.5, 0.6) is 0 Å². The zero-order chi connectivity index (χ0) is 14.4. The summed E-state index contributed by atoms with van der Waals surface area (Å²) in [5.41, 5.74) is 0.766. The van der Waals surface area contributed by atoms with Crippen LogP contribution in [0.3, 0.4) is 0 Å². The third-order valence-electron chi connectivity index (χ3n) is 3.30. The maximum absolute atomic E-state index is 10.4. The molecule has 0 heterocycles. The summed E-state index contributed by atoms with van der Waals surface area (Å²) in [7, 11) is 29.7. The molecule has 0 aliphatic heterocycles. The van der Waals surface area contributed by atoms with Gasteiger partial charge in [0.15, 0.2) is 0 Å². The molecule has 1 aromatic carbocycles. The lowest BCUT2D eigenvalue weighted by Crippen LogP contribution is -2.43. The van der Waals surface area contributed by atoms with Crippen molar-refractivity contribution in [2.24, 2.45) is 0 Å². The molecular weight excluding hydrogens is 221 g/mol. The van der Waals surface area contributed by atoms with Gasteiger partial charge in [-0.2, -0.15) is 0 Å². The van der Waals surface area contributed by atoms with E-state index in [-0.39, 0.29) is 5.82 Å². The van der Waals surface area contributed by atoms with Gasteiger partial charge < -0.3 is 5.11 Å². The molecule has 0 aromatic heterocycles. The molecular formula is C9H10B9O. The Kier molecular flexibility index (Phi) is 7.21. The van der Waals surface area contributed by atoms with Crippen molar-refractivity contribution < 1.29 is 5.11 Å². The minimum absolute atomic E-state index is 0.336. The van der Waals surface area contributed by atoms with Crippen LogP contribution in [0.2, 0.25) is 12.1 Å². The van der Waals surface area contributed by atoms with E-state index in [1.807, 2.05) is 30.3 Å². The molecule has 0 saturated heterocycles. The van der Waals surface area contributed by atoms with Crippen molar-refractivity contribution in [1.29, 1.82) is 0 Å². The molecule has 0 fully saturated rings. The number of hydrogen-bond donors (Lipinski definition) is 1. The first kappa shape index (κ1) is 16.8. The summed E-state index contributed by atoms with van der Waals surface area (Å²) >= 11 is 0. The van der Waals surface area contributed by atoms with Crippen molar-refractivity contribution in [3.8, 4) is 0 Å². The first-order valence-corrected chi connectivity index (χ1v) is 6.27. The Bertz CT molecular complexity index is 362. The van der Waals surface area contributed by atoms with Gasteiger partial charge in [-0.1, -0.05) is 42.5 Å². The van der Waals surface area contributed by atoms with E-state index in [0.717, 1.165) is 5.56 Å². The van der Waals surface area contributed by atoms with Gasteiger partial charge >= 0.3 is 0 Å². The molecule has 2 atom stereocenters. The second-order valence-electron chi connectivity index (χ2n) is 4.77. The van der Waals surface area contributed by atoms with Crippen LogP contribution in [0, 0.1) is 0 Å². The maximum atomic E-state index is 10.4. The third-order valence-corrected chi connectivity index (χ3v) is 3.30. The molecule has 1 nitrogen and oxygen atoms in total. The van der Waals surface area contributed by atoms with E-state index in [0.29, 0.717) is 6.32 Å². The maximum Gasteiger partial charge on any atom is 0.0732 e. The molecule has 0 saturated carbocycles. The topological polar surface area (TPSA) is 20.2 Å². The van der Waals surface area contributed by atoms with Crippen LogP contribution in [-0.4, -0.2) is 70.2 Å². The molecule has 0 spiro atoms. The highest BCUT2D eigenvalue weighted by Crippen LogP contribution is 2.32. The summed E-state index contributed by atoms with van der Waals surface area (Å²) in [6.07, 6.45) is -1.03. The Hall–Kier alpha value is -0.236. The molecule has 2 unspecified atom stereocenters. The summed E-state index contributed by atoms with van der Waals surface area (Å²) in [5.74, 6) is -0.336. The van der Waals surface area contributed by atoms with Crippen LogP contribution in [0.1, 0.15) is 11.7 Å². The zero-order valence-electron chi connectivity index (χ0n) is 10.9. The highest BCUT2D eigenvalue weighted by atomic mass is 16.3. The molecule has 79 valence electrons. The predicted molar refractivity (Wildman–Crippen MR) is 91.7 cm³/mol. The number of aliphatic hydroxyl groups excluding tert-OH is 1. The van der Waals surface area contributed by atoms with E-state index < -0.39 is 25.5 Å². The average Bonchev–Trinajstić information content (AvgIpc) is 2.43. The Morgan fingerprint density at radius 2 is 1.68 bits per heavy atom. The first-order valence-electron chi connectivity index (χ1n) is 6.27. The summed E-state index contributed by atoms with van der Waals surface area (Å²) in [5, 5.41) is 10.4. The third kappa shape index (κ3) is 4.98. The molecule has 1 N–H and O–H groups in total. The number of benzene rings is 1. The standard InChI is InChI=1S/C9H10B9O/c10-15-17(12)8(6-16(11)18(13)14)9(19)7-4-2-1-3-5-7/h1-5,8-9,19H,6H2. The fraction of sp³-hybridized carbons (Fsp3) is 0.333. The van der Waals surface area contributed by atoms with E-state index in [4.69, 9.17) is 38.7 Å².